The fraction of sp³-hybridized carbons (Fsp3) is 0.900. The zero-order valence-electron chi connectivity index (χ0n) is 14.4. The van der Waals surface area contributed by atoms with Gasteiger partial charge < -0.3 is 0 Å². The van der Waals surface area contributed by atoms with Crippen molar-refractivity contribution in [2.45, 2.75) is 72.1 Å². The molecule has 0 spiro atoms. The molecule has 0 N–H and O–H groups in total. The van der Waals surface area contributed by atoms with E-state index in [1.165, 1.54) is 19.3 Å². The summed E-state index contributed by atoms with van der Waals surface area (Å²) >= 11 is 0. The van der Waals surface area contributed by atoms with E-state index in [2.05, 4.69) is 20.8 Å². The van der Waals surface area contributed by atoms with E-state index in [0.717, 1.165) is 43.9 Å². The summed E-state index contributed by atoms with van der Waals surface area (Å²) < 4.78 is 0. The van der Waals surface area contributed by atoms with Crippen molar-refractivity contribution in [2.24, 2.45) is 40.4 Å². The molecule has 4 saturated carbocycles. The maximum atomic E-state index is 12.4. The topological polar surface area (TPSA) is 34.1 Å². The predicted molar refractivity (Wildman–Crippen MR) is 86.3 cm³/mol. The molecule has 0 radical (unpaired) electrons. The number of hydrogen-bond acceptors (Lipinski definition) is 2. The van der Waals surface area contributed by atoms with Crippen LogP contribution in [0.5, 0.6) is 0 Å². The standard InChI is InChI=1S/C20H30O2/c1-12-11-20(3)13(10-17(12)21)4-5-14-15-6-7-18(22)19(15,2)9-8-16(14)20/h12-16H,4-11H2,1-3H3/t12-,13+,14+,15+,16+,19+,20+/m1/s1. The molecule has 0 heterocycles. The lowest BCUT2D eigenvalue weighted by Crippen LogP contribution is -2.54. The molecule has 0 bridgehead atoms. The van der Waals surface area contributed by atoms with E-state index in [0.29, 0.717) is 28.8 Å². The number of hydrogen-bond donors (Lipinski definition) is 0. The largest absolute Gasteiger partial charge is 0.299 e. The second kappa shape index (κ2) is 4.68. The van der Waals surface area contributed by atoms with Crippen LogP contribution in [0.2, 0.25) is 0 Å². The van der Waals surface area contributed by atoms with Gasteiger partial charge in [0.1, 0.15) is 11.6 Å². The third-order valence-electron chi connectivity index (χ3n) is 8.52. The zero-order valence-corrected chi connectivity index (χ0v) is 14.4. The van der Waals surface area contributed by atoms with E-state index >= 15 is 0 Å². The van der Waals surface area contributed by atoms with Gasteiger partial charge in [0.25, 0.3) is 0 Å². The van der Waals surface area contributed by atoms with Gasteiger partial charge in [-0.1, -0.05) is 20.8 Å². The van der Waals surface area contributed by atoms with Gasteiger partial charge in [0.15, 0.2) is 0 Å². The van der Waals surface area contributed by atoms with Crippen LogP contribution >= 0.6 is 0 Å². The normalized spacial score (nSPS) is 54.6. The fourth-order valence-corrected chi connectivity index (χ4v) is 7.18. The molecule has 0 aromatic carbocycles. The summed E-state index contributed by atoms with van der Waals surface area (Å²) in [6.45, 7) is 6.88. The van der Waals surface area contributed by atoms with Gasteiger partial charge in [-0.05, 0) is 67.6 Å². The summed E-state index contributed by atoms with van der Waals surface area (Å²) in [7, 11) is 0. The monoisotopic (exact) mass is 302 g/mol. The van der Waals surface area contributed by atoms with Crippen molar-refractivity contribution in [2.75, 3.05) is 0 Å². The van der Waals surface area contributed by atoms with Gasteiger partial charge in [-0.3, -0.25) is 9.59 Å². The highest BCUT2D eigenvalue weighted by molar-refractivity contribution is 5.87. The molecule has 0 aromatic rings. The van der Waals surface area contributed by atoms with Gasteiger partial charge in [0, 0.05) is 24.2 Å². The first kappa shape index (κ1) is 14.9. The summed E-state index contributed by atoms with van der Waals surface area (Å²) in [5, 5.41) is 0. The minimum Gasteiger partial charge on any atom is -0.299 e. The fourth-order valence-electron chi connectivity index (χ4n) is 7.18. The van der Waals surface area contributed by atoms with Gasteiger partial charge in [-0.2, -0.15) is 0 Å². The van der Waals surface area contributed by atoms with E-state index in [9.17, 15) is 9.59 Å². The first-order valence-corrected chi connectivity index (χ1v) is 9.42. The number of carbonyl (C=O) groups is 2. The summed E-state index contributed by atoms with van der Waals surface area (Å²) in [5.41, 5.74) is 0.337. The number of ketones is 2. The molecule has 0 aliphatic heterocycles. The lowest BCUT2D eigenvalue weighted by atomic mass is 9.44. The average molecular weight is 302 g/mol. The number of carbonyl (C=O) groups excluding carboxylic acids is 2. The van der Waals surface area contributed by atoms with Crippen LogP contribution in [-0.4, -0.2) is 11.6 Å². The Morgan fingerprint density at radius 1 is 1.00 bits per heavy atom. The molecule has 0 amide bonds. The highest BCUT2D eigenvalue weighted by atomic mass is 16.1. The zero-order chi connectivity index (χ0) is 15.7. The summed E-state index contributed by atoms with van der Waals surface area (Å²) in [6.07, 6.45) is 8.67. The van der Waals surface area contributed by atoms with Gasteiger partial charge in [0.2, 0.25) is 0 Å². The van der Waals surface area contributed by atoms with Crippen molar-refractivity contribution in [3.8, 4) is 0 Å². The first-order chi connectivity index (χ1) is 10.4. The lowest BCUT2D eigenvalue weighted by molar-refractivity contribution is -0.149. The van der Waals surface area contributed by atoms with E-state index in [-0.39, 0.29) is 11.3 Å². The molecule has 4 aliphatic rings. The van der Waals surface area contributed by atoms with Gasteiger partial charge in [-0.25, -0.2) is 0 Å². The van der Waals surface area contributed by atoms with Crippen molar-refractivity contribution in [1.29, 1.82) is 0 Å². The Hall–Kier alpha value is -0.660. The van der Waals surface area contributed by atoms with E-state index in [1.807, 2.05) is 0 Å². The van der Waals surface area contributed by atoms with Crippen LogP contribution < -0.4 is 0 Å². The molecule has 122 valence electrons. The third-order valence-corrected chi connectivity index (χ3v) is 8.52. The molecular formula is C20H30O2. The minimum absolute atomic E-state index is 0.0134. The van der Waals surface area contributed by atoms with Crippen molar-refractivity contribution in [3.63, 3.8) is 0 Å². The van der Waals surface area contributed by atoms with Crippen LogP contribution in [0.3, 0.4) is 0 Å². The van der Waals surface area contributed by atoms with E-state index in [1.54, 1.807) is 0 Å². The Bertz CT molecular complexity index is 524. The molecule has 4 fully saturated rings. The van der Waals surface area contributed by atoms with Crippen molar-refractivity contribution in [3.05, 3.63) is 0 Å². The smallest absolute Gasteiger partial charge is 0.139 e. The average Bonchev–Trinajstić information content (AvgIpc) is 2.77. The van der Waals surface area contributed by atoms with Crippen LogP contribution in [0.4, 0.5) is 0 Å². The molecule has 22 heavy (non-hydrogen) atoms. The van der Waals surface area contributed by atoms with E-state index < -0.39 is 0 Å². The van der Waals surface area contributed by atoms with Gasteiger partial charge in [0.05, 0.1) is 0 Å². The van der Waals surface area contributed by atoms with Gasteiger partial charge in [-0.15, -0.1) is 0 Å². The summed E-state index contributed by atoms with van der Waals surface area (Å²) in [4.78, 5) is 24.6. The Morgan fingerprint density at radius 3 is 2.55 bits per heavy atom. The van der Waals surface area contributed by atoms with E-state index in [4.69, 9.17) is 0 Å². The third kappa shape index (κ3) is 1.79. The quantitative estimate of drug-likeness (QED) is 0.664. The minimum atomic E-state index is -0.0134. The highest BCUT2D eigenvalue weighted by Gasteiger charge is 2.60. The maximum absolute atomic E-state index is 12.4. The molecule has 0 aromatic heterocycles. The SMILES string of the molecule is C[C@@H]1C[C@@]2(C)[C@@H](CC[C@@H]3[C@@H]2CC[C@]2(C)C(=O)CC[C@@H]32)CC1=O. The molecule has 2 heteroatoms. The Kier molecular flexibility index (Phi) is 3.17. The van der Waals surface area contributed by atoms with Crippen molar-refractivity contribution < 1.29 is 9.59 Å². The van der Waals surface area contributed by atoms with Crippen LogP contribution in [0.15, 0.2) is 0 Å². The Balaban J connectivity index is 1.66. The van der Waals surface area contributed by atoms with Gasteiger partial charge >= 0.3 is 0 Å². The summed E-state index contributed by atoms with van der Waals surface area (Å²) in [5.74, 6) is 4.02. The van der Waals surface area contributed by atoms with Crippen LogP contribution in [0, 0.1) is 40.4 Å². The predicted octanol–water partition coefficient (Wildman–Crippen LogP) is 4.41. The molecule has 0 unspecified atom stereocenters. The summed E-state index contributed by atoms with van der Waals surface area (Å²) in [6, 6.07) is 0. The highest BCUT2D eigenvalue weighted by Crippen LogP contribution is 2.65. The number of rotatable bonds is 0. The molecule has 4 aliphatic carbocycles. The maximum Gasteiger partial charge on any atom is 0.139 e. The lowest BCUT2D eigenvalue weighted by Gasteiger charge is -2.60. The Morgan fingerprint density at radius 2 is 1.77 bits per heavy atom. The molecule has 7 atom stereocenters. The molecule has 2 nitrogen and oxygen atoms in total. The van der Waals surface area contributed by atoms with Crippen LogP contribution in [0.1, 0.15) is 72.1 Å². The first-order valence-electron chi connectivity index (χ1n) is 9.42. The number of Topliss-reactive ketones (excluding diaryl/α,β-unsaturated/α-hetero) is 2. The molecule has 4 rings (SSSR count). The van der Waals surface area contributed by atoms with Crippen molar-refractivity contribution in [1.82, 2.24) is 0 Å². The number of fused-ring (bicyclic) bond motifs is 5. The second-order valence-corrected chi connectivity index (χ2v) is 9.35. The van der Waals surface area contributed by atoms with Crippen LogP contribution in [-0.2, 0) is 9.59 Å². The molecular weight excluding hydrogens is 272 g/mol. The second-order valence-electron chi connectivity index (χ2n) is 9.35. The molecule has 0 saturated heterocycles. The van der Waals surface area contributed by atoms with Crippen LogP contribution in [0.25, 0.3) is 0 Å². The Labute approximate surface area is 134 Å². The van der Waals surface area contributed by atoms with Crippen molar-refractivity contribution >= 4 is 11.6 Å².